The van der Waals surface area contributed by atoms with Crippen LogP contribution in [0, 0.1) is 11.6 Å². The number of benzene rings is 1. The first-order chi connectivity index (χ1) is 7.25. The Kier molecular flexibility index (Phi) is 5.04. The first-order valence-corrected chi connectivity index (χ1v) is 4.93. The largest absolute Gasteiger partial charge is 0.488 e. The van der Waals surface area contributed by atoms with Crippen LogP contribution in [0.1, 0.15) is 19.3 Å². The molecule has 0 aliphatic rings. The van der Waals surface area contributed by atoms with E-state index in [1.54, 1.807) is 0 Å². The number of halogens is 2. The molecule has 0 aromatic heterocycles. The molecule has 0 heterocycles. The summed E-state index contributed by atoms with van der Waals surface area (Å²) in [4.78, 5) is 0. The van der Waals surface area contributed by atoms with Crippen molar-refractivity contribution < 1.29 is 18.6 Å². The van der Waals surface area contributed by atoms with Crippen molar-refractivity contribution in [3.8, 4) is 5.75 Å². The molecule has 4 heteroatoms. The van der Waals surface area contributed by atoms with Gasteiger partial charge in [0.15, 0.2) is 17.4 Å². The minimum atomic E-state index is -0.683. The van der Waals surface area contributed by atoms with Crippen LogP contribution in [-0.2, 0) is 0 Å². The quantitative estimate of drug-likeness (QED) is 0.740. The topological polar surface area (TPSA) is 29.5 Å². The molecule has 1 N–H and O–H groups in total. The van der Waals surface area contributed by atoms with Crippen molar-refractivity contribution in [2.24, 2.45) is 0 Å². The van der Waals surface area contributed by atoms with E-state index in [0.717, 1.165) is 18.6 Å². The van der Waals surface area contributed by atoms with Gasteiger partial charge in [0.05, 0.1) is 6.61 Å². The fraction of sp³-hybridized carbons (Fsp3) is 0.455. The molecule has 1 rings (SSSR count). The molecule has 0 saturated heterocycles. The zero-order chi connectivity index (χ0) is 11.1. The normalized spacial score (nSPS) is 10.3. The van der Waals surface area contributed by atoms with Crippen LogP contribution >= 0.6 is 0 Å². The van der Waals surface area contributed by atoms with Gasteiger partial charge >= 0.3 is 0 Å². The molecule has 1 aromatic carbocycles. The van der Waals surface area contributed by atoms with Gasteiger partial charge in [0, 0.05) is 6.61 Å². The summed E-state index contributed by atoms with van der Waals surface area (Å²) >= 11 is 0. The molecule has 0 aliphatic carbocycles. The molecule has 0 aliphatic heterocycles. The standard InChI is InChI=1S/C11H14F2O2/c12-9-5-4-6-10(13)11(9)15-8-3-1-2-7-14/h4-6,14H,1-3,7-8H2. The van der Waals surface area contributed by atoms with Gasteiger partial charge in [-0.15, -0.1) is 0 Å². The average Bonchev–Trinajstić information content (AvgIpc) is 2.21. The van der Waals surface area contributed by atoms with Gasteiger partial charge in [-0.3, -0.25) is 0 Å². The fourth-order valence-electron chi connectivity index (χ4n) is 1.19. The number of ether oxygens (including phenoxy) is 1. The highest BCUT2D eigenvalue weighted by Gasteiger charge is 2.08. The Hall–Kier alpha value is -1.16. The second kappa shape index (κ2) is 6.35. The maximum atomic E-state index is 13.0. The van der Waals surface area contributed by atoms with Crippen LogP contribution < -0.4 is 4.74 Å². The van der Waals surface area contributed by atoms with Crippen molar-refractivity contribution in [1.82, 2.24) is 0 Å². The van der Waals surface area contributed by atoms with Crippen LogP contribution in [0.25, 0.3) is 0 Å². The highest BCUT2D eigenvalue weighted by atomic mass is 19.1. The highest BCUT2D eigenvalue weighted by molar-refractivity contribution is 5.25. The van der Waals surface area contributed by atoms with Crippen LogP contribution in [0.3, 0.4) is 0 Å². The summed E-state index contributed by atoms with van der Waals surface area (Å²) in [5.74, 6) is -1.68. The second-order valence-corrected chi connectivity index (χ2v) is 3.18. The van der Waals surface area contributed by atoms with E-state index in [1.807, 2.05) is 0 Å². The lowest BCUT2D eigenvalue weighted by Crippen LogP contribution is -2.01. The number of hydrogen-bond acceptors (Lipinski definition) is 2. The number of hydrogen-bond donors (Lipinski definition) is 1. The Morgan fingerprint density at radius 1 is 1.07 bits per heavy atom. The number of para-hydroxylation sites is 1. The summed E-state index contributed by atoms with van der Waals surface area (Å²) in [7, 11) is 0. The summed E-state index contributed by atoms with van der Waals surface area (Å²) < 4.78 is 31.0. The minimum Gasteiger partial charge on any atom is -0.488 e. The van der Waals surface area contributed by atoms with E-state index in [-0.39, 0.29) is 19.0 Å². The molecule has 0 fully saturated rings. The van der Waals surface area contributed by atoms with Crippen LogP contribution in [0.2, 0.25) is 0 Å². The monoisotopic (exact) mass is 216 g/mol. The first-order valence-electron chi connectivity index (χ1n) is 4.93. The van der Waals surface area contributed by atoms with E-state index in [0.29, 0.717) is 12.8 Å². The van der Waals surface area contributed by atoms with Gasteiger partial charge < -0.3 is 9.84 Å². The van der Waals surface area contributed by atoms with Gasteiger partial charge in [-0.25, -0.2) is 8.78 Å². The molecular weight excluding hydrogens is 202 g/mol. The number of rotatable bonds is 6. The van der Waals surface area contributed by atoms with Gasteiger partial charge in [-0.05, 0) is 31.4 Å². The Morgan fingerprint density at radius 3 is 2.33 bits per heavy atom. The van der Waals surface area contributed by atoms with Crippen LogP contribution in [0.4, 0.5) is 8.78 Å². The average molecular weight is 216 g/mol. The van der Waals surface area contributed by atoms with E-state index >= 15 is 0 Å². The zero-order valence-electron chi connectivity index (χ0n) is 8.38. The summed E-state index contributed by atoms with van der Waals surface area (Å²) in [5, 5.41) is 8.51. The SMILES string of the molecule is OCCCCCOc1c(F)cccc1F. The van der Waals surface area contributed by atoms with Crippen molar-refractivity contribution in [2.45, 2.75) is 19.3 Å². The zero-order valence-corrected chi connectivity index (χ0v) is 8.38. The van der Waals surface area contributed by atoms with Crippen molar-refractivity contribution >= 4 is 0 Å². The number of aliphatic hydroxyl groups is 1. The van der Waals surface area contributed by atoms with Crippen LogP contribution in [-0.4, -0.2) is 18.3 Å². The van der Waals surface area contributed by atoms with Gasteiger partial charge in [0.2, 0.25) is 0 Å². The lowest BCUT2D eigenvalue weighted by Gasteiger charge is -2.07. The maximum Gasteiger partial charge on any atom is 0.190 e. The molecule has 2 nitrogen and oxygen atoms in total. The molecule has 15 heavy (non-hydrogen) atoms. The highest BCUT2D eigenvalue weighted by Crippen LogP contribution is 2.20. The summed E-state index contributed by atoms with van der Waals surface area (Å²) in [6.45, 7) is 0.395. The first kappa shape index (κ1) is 11.9. The molecule has 0 spiro atoms. The van der Waals surface area contributed by atoms with E-state index in [4.69, 9.17) is 9.84 Å². The Bertz CT molecular complexity index is 282. The molecule has 0 saturated carbocycles. The van der Waals surface area contributed by atoms with E-state index in [9.17, 15) is 8.78 Å². The number of unbranched alkanes of at least 4 members (excludes halogenated alkanes) is 2. The van der Waals surface area contributed by atoms with Gasteiger partial charge in [-0.1, -0.05) is 6.07 Å². The van der Waals surface area contributed by atoms with E-state index in [1.165, 1.54) is 6.07 Å². The molecular formula is C11H14F2O2. The molecule has 0 bridgehead atoms. The molecule has 0 amide bonds. The molecule has 0 radical (unpaired) electrons. The number of aliphatic hydroxyl groups excluding tert-OH is 1. The minimum absolute atomic E-state index is 0.133. The van der Waals surface area contributed by atoms with Gasteiger partial charge in [-0.2, -0.15) is 0 Å². The third-order valence-electron chi connectivity index (χ3n) is 1.97. The summed E-state index contributed by atoms with van der Waals surface area (Å²) in [6, 6.07) is 3.61. The molecule has 0 atom stereocenters. The molecule has 1 aromatic rings. The third-order valence-corrected chi connectivity index (χ3v) is 1.97. The van der Waals surface area contributed by atoms with E-state index in [2.05, 4.69) is 0 Å². The lowest BCUT2D eigenvalue weighted by atomic mass is 10.2. The van der Waals surface area contributed by atoms with Crippen LogP contribution in [0.15, 0.2) is 18.2 Å². The summed E-state index contributed by atoms with van der Waals surface area (Å²) in [5.41, 5.74) is 0. The smallest absolute Gasteiger partial charge is 0.190 e. The Balaban J connectivity index is 2.37. The van der Waals surface area contributed by atoms with Crippen molar-refractivity contribution in [2.75, 3.05) is 13.2 Å². The second-order valence-electron chi connectivity index (χ2n) is 3.18. The van der Waals surface area contributed by atoms with Gasteiger partial charge in [0.1, 0.15) is 0 Å². The molecule has 0 unspecified atom stereocenters. The third kappa shape index (κ3) is 3.83. The summed E-state index contributed by atoms with van der Waals surface area (Å²) in [6.07, 6.45) is 2.14. The maximum absolute atomic E-state index is 13.0. The lowest BCUT2D eigenvalue weighted by molar-refractivity contribution is 0.255. The van der Waals surface area contributed by atoms with E-state index < -0.39 is 11.6 Å². The fourth-order valence-corrected chi connectivity index (χ4v) is 1.19. The van der Waals surface area contributed by atoms with Crippen molar-refractivity contribution in [1.29, 1.82) is 0 Å². The van der Waals surface area contributed by atoms with Crippen molar-refractivity contribution in [3.05, 3.63) is 29.8 Å². The predicted octanol–water partition coefficient (Wildman–Crippen LogP) is 2.51. The van der Waals surface area contributed by atoms with Crippen molar-refractivity contribution in [3.63, 3.8) is 0 Å². The Labute approximate surface area is 87.5 Å². The van der Waals surface area contributed by atoms with Gasteiger partial charge in [0.25, 0.3) is 0 Å². The van der Waals surface area contributed by atoms with Crippen LogP contribution in [0.5, 0.6) is 5.75 Å². The predicted molar refractivity (Wildman–Crippen MR) is 52.8 cm³/mol. The Morgan fingerprint density at radius 2 is 1.73 bits per heavy atom. The molecule has 84 valence electrons.